The minimum absolute atomic E-state index is 0.103. The number of carbonyl (C=O) groups excluding carboxylic acids is 1. The Morgan fingerprint density at radius 1 is 1.18 bits per heavy atom. The van der Waals surface area contributed by atoms with Crippen LogP contribution in [0.25, 0.3) is 0 Å². The summed E-state index contributed by atoms with van der Waals surface area (Å²) in [5.41, 5.74) is 0.782. The van der Waals surface area contributed by atoms with Gasteiger partial charge in [0.2, 0.25) is 0 Å². The molecule has 0 saturated heterocycles. The van der Waals surface area contributed by atoms with Crippen molar-refractivity contribution in [2.24, 2.45) is 5.41 Å². The van der Waals surface area contributed by atoms with Crippen molar-refractivity contribution in [3.8, 4) is 0 Å². The summed E-state index contributed by atoms with van der Waals surface area (Å²) >= 11 is 0. The molecular weight excluding hydrogens is 276 g/mol. The lowest BCUT2D eigenvalue weighted by atomic mass is 9.89. The van der Waals surface area contributed by atoms with Gasteiger partial charge >= 0.3 is 0 Å². The molecule has 2 aliphatic rings. The van der Waals surface area contributed by atoms with Crippen LogP contribution in [0.15, 0.2) is 12.1 Å². The fraction of sp³-hybridized carbons (Fsp3) is 0.706. The van der Waals surface area contributed by atoms with Gasteiger partial charge in [-0.1, -0.05) is 32.6 Å². The zero-order chi connectivity index (χ0) is 15.4. The Labute approximate surface area is 132 Å². The SMILES string of the molecule is CC1(CNc2ccc(C(=O)NC3CCCC3)nn2)CCCC1. The number of amides is 1. The molecule has 0 unspecified atom stereocenters. The lowest BCUT2D eigenvalue weighted by molar-refractivity contribution is 0.0932. The van der Waals surface area contributed by atoms with Crippen LogP contribution in [0.3, 0.4) is 0 Å². The lowest BCUT2D eigenvalue weighted by Crippen LogP contribution is -2.33. The highest BCUT2D eigenvalue weighted by Gasteiger charge is 2.28. The number of nitrogens with zero attached hydrogens (tertiary/aromatic N) is 2. The maximum absolute atomic E-state index is 12.1. The third-order valence-corrected chi connectivity index (χ3v) is 5.09. The first kappa shape index (κ1) is 15.3. The van der Waals surface area contributed by atoms with Gasteiger partial charge in [-0.2, -0.15) is 0 Å². The third kappa shape index (κ3) is 3.76. The summed E-state index contributed by atoms with van der Waals surface area (Å²) in [6, 6.07) is 3.93. The summed E-state index contributed by atoms with van der Waals surface area (Å²) in [6.07, 6.45) is 9.77. The summed E-state index contributed by atoms with van der Waals surface area (Å²) in [4.78, 5) is 12.1. The highest BCUT2D eigenvalue weighted by molar-refractivity contribution is 5.92. The fourth-order valence-electron chi connectivity index (χ4n) is 3.59. The van der Waals surface area contributed by atoms with E-state index in [9.17, 15) is 4.79 Å². The summed E-state index contributed by atoms with van der Waals surface area (Å²) < 4.78 is 0. The first-order valence-electron chi connectivity index (χ1n) is 8.53. The Morgan fingerprint density at radius 3 is 2.55 bits per heavy atom. The van der Waals surface area contributed by atoms with E-state index in [-0.39, 0.29) is 5.91 Å². The molecule has 2 aliphatic carbocycles. The van der Waals surface area contributed by atoms with Crippen molar-refractivity contribution in [1.29, 1.82) is 0 Å². The van der Waals surface area contributed by atoms with Crippen LogP contribution in [0.5, 0.6) is 0 Å². The predicted molar refractivity (Wildman–Crippen MR) is 86.8 cm³/mol. The zero-order valence-electron chi connectivity index (χ0n) is 13.4. The van der Waals surface area contributed by atoms with Crippen LogP contribution < -0.4 is 10.6 Å². The molecule has 0 atom stereocenters. The number of hydrogen-bond donors (Lipinski definition) is 2. The summed E-state index contributed by atoms with van der Waals surface area (Å²) in [5, 5.41) is 14.6. The molecule has 1 aromatic rings. The van der Waals surface area contributed by atoms with Crippen LogP contribution in [0.4, 0.5) is 5.82 Å². The largest absolute Gasteiger partial charge is 0.368 e. The third-order valence-electron chi connectivity index (χ3n) is 5.09. The molecule has 0 spiro atoms. The molecule has 120 valence electrons. The molecular formula is C17H26N4O. The molecule has 22 heavy (non-hydrogen) atoms. The van der Waals surface area contributed by atoms with Gasteiger partial charge in [0, 0.05) is 12.6 Å². The fourth-order valence-corrected chi connectivity index (χ4v) is 3.59. The van der Waals surface area contributed by atoms with Crippen LogP contribution in [0.1, 0.15) is 68.8 Å². The summed E-state index contributed by atoms with van der Waals surface area (Å²) in [7, 11) is 0. The second kappa shape index (κ2) is 6.63. The number of aromatic nitrogens is 2. The Balaban J connectivity index is 1.52. The molecule has 2 fully saturated rings. The lowest BCUT2D eigenvalue weighted by Gasteiger charge is -2.23. The van der Waals surface area contributed by atoms with E-state index in [1.165, 1.54) is 38.5 Å². The van der Waals surface area contributed by atoms with Gasteiger partial charge in [0.1, 0.15) is 5.82 Å². The predicted octanol–water partition coefficient (Wildman–Crippen LogP) is 3.14. The van der Waals surface area contributed by atoms with E-state index in [1.54, 1.807) is 6.07 Å². The van der Waals surface area contributed by atoms with E-state index in [0.29, 0.717) is 17.2 Å². The van der Waals surface area contributed by atoms with Crippen molar-refractivity contribution >= 4 is 11.7 Å². The monoisotopic (exact) mass is 302 g/mol. The second-order valence-corrected chi connectivity index (χ2v) is 7.13. The Morgan fingerprint density at radius 2 is 1.91 bits per heavy atom. The smallest absolute Gasteiger partial charge is 0.272 e. The second-order valence-electron chi connectivity index (χ2n) is 7.13. The number of carbonyl (C=O) groups is 1. The van der Waals surface area contributed by atoms with Crippen molar-refractivity contribution < 1.29 is 4.79 Å². The van der Waals surface area contributed by atoms with Gasteiger partial charge in [0.05, 0.1) is 0 Å². The van der Waals surface area contributed by atoms with Crippen LogP contribution in [0, 0.1) is 5.41 Å². The molecule has 0 bridgehead atoms. The van der Waals surface area contributed by atoms with Gasteiger partial charge in [0.15, 0.2) is 5.69 Å². The minimum Gasteiger partial charge on any atom is -0.368 e. The van der Waals surface area contributed by atoms with E-state index in [2.05, 4.69) is 27.8 Å². The highest BCUT2D eigenvalue weighted by Crippen LogP contribution is 2.37. The van der Waals surface area contributed by atoms with Crippen LogP contribution in [-0.4, -0.2) is 28.7 Å². The quantitative estimate of drug-likeness (QED) is 0.877. The Kier molecular flexibility index (Phi) is 4.60. The Hall–Kier alpha value is -1.65. The van der Waals surface area contributed by atoms with Gasteiger partial charge in [-0.05, 0) is 43.2 Å². The highest BCUT2D eigenvalue weighted by atomic mass is 16.2. The van der Waals surface area contributed by atoms with Gasteiger partial charge in [-0.3, -0.25) is 4.79 Å². The maximum Gasteiger partial charge on any atom is 0.272 e. The topological polar surface area (TPSA) is 66.9 Å². The van der Waals surface area contributed by atoms with Crippen molar-refractivity contribution in [3.05, 3.63) is 17.8 Å². The van der Waals surface area contributed by atoms with E-state index in [0.717, 1.165) is 25.2 Å². The number of rotatable bonds is 5. The minimum atomic E-state index is -0.103. The molecule has 5 nitrogen and oxygen atoms in total. The van der Waals surface area contributed by atoms with Gasteiger partial charge < -0.3 is 10.6 Å². The number of hydrogen-bond acceptors (Lipinski definition) is 4. The van der Waals surface area contributed by atoms with E-state index >= 15 is 0 Å². The molecule has 5 heteroatoms. The van der Waals surface area contributed by atoms with E-state index < -0.39 is 0 Å². The Bertz CT molecular complexity index is 502. The molecule has 3 rings (SSSR count). The van der Waals surface area contributed by atoms with Crippen LogP contribution in [-0.2, 0) is 0 Å². The van der Waals surface area contributed by atoms with Gasteiger partial charge in [0.25, 0.3) is 5.91 Å². The molecule has 1 aromatic heterocycles. The van der Waals surface area contributed by atoms with Crippen molar-refractivity contribution in [1.82, 2.24) is 15.5 Å². The number of anilines is 1. The normalized spacial score (nSPS) is 21.0. The average Bonchev–Trinajstić information content (AvgIpc) is 3.18. The van der Waals surface area contributed by atoms with Gasteiger partial charge in [-0.15, -0.1) is 10.2 Å². The van der Waals surface area contributed by atoms with Crippen molar-refractivity contribution in [2.75, 3.05) is 11.9 Å². The van der Waals surface area contributed by atoms with Gasteiger partial charge in [-0.25, -0.2) is 0 Å². The summed E-state index contributed by atoms with van der Waals surface area (Å²) in [6.45, 7) is 3.25. The zero-order valence-corrected chi connectivity index (χ0v) is 13.4. The first-order chi connectivity index (χ1) is 10.6. The van der Waals surface area contributed by atoms with Crippen LogP contribution >= 0.6 is 0 Å². The van der Waals surface area contributed by atoms with E-state index in [4.69, 9.17) is 0 Å². The molecule has 0 aromatic carbocycles. The van der Waals surface area contributed by atoms with Crippen molar-refractivity contribution in [3.63, 3.8) is 0 Å². The molecule has 1 heterocycles. The molecule has 2 N–H and O–H groups in total. The molecule has 0 radical (unpaired) electrons. The van der Waals surface area contributed by atoms with E-state index in [1.807, 2.05) is 6.07 Å². The first-order valence-corrected chi connectivity index (χ1v) is 8.53. The standard InChI is InChI=1S/C17H26N4O/c1-17(10-4-5-11-17)12-18-15-9-8-14(20-21-15)16(22)19-13-6-2-3-7-13/h8-9,13H,2-7,10-12H2,1H3,(H,18,21)(H,19,22). The molecule has 0 aliphatic heterocycles. The van der Waals surface area contributed by atoms with Crippen molar-refractivity contribution in [2.45, 2.75) is 64.3 Å². The van der Waals surface area contributed by atoms with Crippen LogP contribution in [0.2, 0.25) is 0 Å². The average molecular weight is 302 g/mol. The molecule has 2 saturated carbocycles. The number of nitrogens with one attached hydrogen (secondary N) is 2. The molecule has 1 amide bonds. The maximum atomic E-state index is 12.1. The summed E-state index contributed by atoms with van der Waals surface area (Å²) in [5.74, 6) is 0.652.